The van der Waals surface area contributed by atoms with Crippen LogP contribution in [0.3, 0.4) is 0 Å². The van der Waals surface area contributed by atoms with E-state index in [4.69, 9.17) is 0 Å². The number of rotatable bonds is 7. The molecule has 0 atom stereocenters. The standard InChI is InChI=1S/C53H26F8N10/c54-44-42(45(55)47(57)48(58)46(44)56)31-25-40(70-36-21-27(49-62-13-1-14-63-49)5-9-32(36)33-10-6-28(22-37(33)70)50-64-15-2-16-65-50)43(53(59,60)61)41(26-31)71-38-23-29(51-66-17-3-18-67-51)7-11-34(38)35-12-8-30(24-39(35)71)52-68-19-4-20-69-52/h1-26H. The van der Waals surface area contributed by atoms with E-state index in [-0.39, 0.29) is 45.4 Å². The number of aromatic nitrogens is 10. The molecule has 6 heterocycles. The van der Waals surface area contributed by atoms with Gasteiger partial charge in [-0.25, -0.2) is 61.8 Å². The van der Waals surface area contributed by atoms with Crippen LogP contribution in [0.5, 0.6) is 0 Å². The van der Waals surface area contributed by atoms with Gasteiger partial charge in [-0.3, -0.25) is 0 Å². The van der Waals surface area contributed by atoms with Crippen LogP contribution in [0.4, 0.5) is 35.1 Å². The zero-order chi connectivity index (χ0) is 48.7. The molecule has 0 bridgehead atoms. The molecule has 12 rings (SSSR count). The van der Waals surface area contributed by atoms with Crippen molar-refractivity contribution >= 4 is 43.6 Å². The first kappa shape index (κ1) is 43.0. The SMILES string of the molecule is Fc1c(F)c(F)c(-c2cc(-n3c4cc(-c5ncccn5)ccc4c4ccc(-c5ncccn5)cc43)c(C(F)(F)F)c(-n3c4cc(-c5ncccn5)ccc4c4ccc(-c5ncccn5)cc43)c2)c(F)c1F. The van der Waals surface area contributed by atoms with Gasteiger partial charge in [0.15, 0.2) is 46.6 Å². The molecule has 18 heteroatoms. The van der Waals surface area contributed by atoms with Crippen LogP contribution in [-0.4, -0.2) is 49.0 Å². The zero-order valence-electron chi connectivity index (χ0n) is 36.0. The Bertz CT molecular complexity index is 3650. The largest absolute Gasteiger partial charge is 0.420 e. The highest BCUT2D eigenvalue weighted by Gasteiger charge is 2.41. The van der Waals surface area contributed by atoms with E-state index in [1.165, 1.54) is 58.7 Å². The van der Waals surface area contributed by atoms with Gasteiger partial charge in [-0.15, -0.1) is 0 Å². The zero-order valence-corrected chi connectivity index (χ0v) is 36.0. The fourth-order valence-electron chi connectivity index (χ4n) is 9.16. The molecule has 0 N–H and O–H groups in total. The van der Waals surface area contributed by atoms with Crippen molar-refractivity contribution in [2.75, 3.05) is 0 Å². The lowest BCUT2D eigenvalue weighted by Gasteiger charge is -2.23. The summed E-state index contributed by atoms with van der Waals surface area (Å²) in [6.07, 6.45) is 6.61. The monoisotopic (exact) mass is 954 g/mol. The molecule has 0 unspecified atom stereocenters. The minimum atomic E-state index is -5.33. The van der Waals surface area contributed by atoms with Crippen LogP contribution in [-0.2, 0) is 6.18 Å². The van der Waals surface area contributed by atoms with Crippen LogP contribution >= 0.6 is 0 Å². The maximum atomic E-state index is 16.9. The molecule has 344 valence electrons. The molecule has 10 nitrogen and oxygen atoms in total. The van der Waals surface area contributed by atoms with E-state index in [0.717, 1.165) is 12.1 Å². The smallest absolute Gasteiger partial charge is 0.308 e. The second-order valence-corrected chi connectivity index (χ2v) is 16.2. The Hall–Kier alpha value is -9.32. The molecule has 0 aliphatic rings. The van der Waals surface area contributed by atoms with E-state index >= 15 is 30.7 Å². The molecule has 0 aliphatic carbocycles. The summed E-state index contributed by atoms with van der Waals surface area (Å²) in [5.41, 5.74) is -3.02. The highest BCUT2D eigenvalue weighted by Crippen LogP contribution is 2.48. The van der Waals surface area contributed by atoms with Crippen molar-refractivity contribution in [3.05, 3.63) is 193 Å². The number of halogens is 8. The molecule has 0 fully saturated rings. The Morgan fingerprint density at radius 2 is 0.592 bits per heavy atom. The van der Waals surface area contributed by atoms with Gasteiger partial charge in [0.2, 0.25) is 5.82 Å². The van der Waals surface area contributed by atoms with Gasteiger partial charge in [-0.2, -0.15) is 13.2 Å². The third-order valence-corrected chi connectivity index (χ3v) is 12.2. The van der Waals surface area contributed by atoms with E-state index in [1.54, 1.807) is 97.1 Å². The molecule has 0 saturated carbocycles. The Morgan fingerprint density at radius 1 is 0.324 bits per heavy atom. The summed E-state index contributed by atoms with van der Waals surface area (Å²) in [6, 6.07) is 27.6. The maximum absolute atomic E-state index is 16.9. The average molecular weight is 955 g/mol. The van der Waals surface area contributed by atoms with E-state index in [2.05, 4.69) is 39.9 Å². The van der Waals surface area contributed by atoms with Crippen molar-refractivity contribution in [3.63, 3.8) is 0 Å². The number of fused-ring (bicyclic) bond motifs is 6. The van der Waals surface area contributed by atoms with E-state index < -0.39 is 63.3 Å². The summed E-state index contributed by atoms with van der Waals surface area (Å²) in [5, 5.41) is 1.70. The highest BCUT2D eigenvalue weighted by atomic mass is 19.4. The van der Waals surface area contributed by atoms with Gasteiger partial charge in [-0.1, -0.05) is 48.5 Å². The number of nitrogens with zero attached hydrogens (tertiary/aromatic N) is 10. The van der Waals surface area contributed by atoms with Crippen LogP contribution in [0.1, 0.15) is 5.56 Å². The third-order valence-electron chi connectivity index (χ3n) is 12.2. The van der Waals surface area contributed by atoms with Crippen molar-refractivity contribution in [1.82, 2.24) is 49.0 Å². The van der Waals surface area contributed by atoms with Crippen LogP contribution in [0, 0.1) is 29.1 Å². The molecular formula is C53H26F8N10. The summed E-state index contributed by atoms with van der Waals surface area (Å²) >= 11 is 0. The highest BCUT2D eigenvalue weighted by molar-refractivity contribution is 6.13. The van der Waals surface area contributed by atoms with Crippen LogP contribution in [0.15, 0.2) is 159 Å². The van der Waals surface area contributed by atoms with Crippen molar-refractivity contribution in [3.8, 4) is 68.1 Å². The lowest BCUT2D eigenvalue weighted by atomic mass is 9.97. The number of hydrogen-bond donors (Lipinski definition) is 0. The lowest BCUT2D eigenvalue weighted by Crippen LogP contribution is -2.16. The van der Waals surface area contributed by atoms with Gasteiger partial charge in [0.05, 0.1) is 39.0 Å². The fraction of sp³-hybridized carbons (Fsp3) is 0.0189. The molecular weight excluding hydrogens is 929 g/mol. The topological polar surface area (TPSA) is 113 Å². The van der Waals surface area contributed by atoms with Crippen molar-refractivity contribution < 1.29 is 35.1 Å². The molecule has 12 aromatic rings. The number of alkyl halides is 3. The quantitative estimate of drug-likeness (QED) is 0.0882. The van der Waals surface area contributed by atoms with Crippen molar-refractivity contribution in [2.24, 2.45) is 0 Å². The van der Waals surface area contributed by atoms with Gasteiger partial charge in [0, 0.05) is 93.4 Å². The van der Waals surface area contributed by atoms with Crippen LogP contribution < -0.4 is 0 Å². The Morgan fingerprint density at radius 3 is 0.859 bits per heavy atom. The predicted molar refractivity (Wildman–Crippen MR) is 249 cm³/mol. The Balaban J connectivity index is 1.29. The Kier molecular flexibility index (Phi) is 9.95. The minimum Gasteiger partial charge on any atom is -0.308 e. The molecule has 6 aromatic heterocycles. The van der Waals surface area contributed by atoms with Gasteiger partial charge < -0.3 is 9.13 Å². The Labute approximate surface area is 394 Å². The van der Waals surface area contributed by atoms with E-state index in [1.807, 2.05) is 0 Å². The second kappa shape index (κ2) is 16.4. The van der Waals surface area contributed by atoms with Gasteiger partial charge in [0.25, 0.3) is 0 Å². The summed E-state index contributed by atoms with van der Waals surface area (Å²) in [7, 11) is 0. The second-order valence-electron chi connectivity index (χ2n) is 16.2. The molecule has 0 aliphatic heterocycles. The molecule has 71 heavy (non-hydrogen) atoms. The first-order valence-corrected chi connectivity index (χ1v) is 21.5. The third kappa shape index (κ3) is 7.01. The number of benzene rings is 6. The minimum absolute atomic E-state index is 0.136. The van der Waals surface area contributed by atoms with Crippen molar-refractivity contribution in [1.29, 1.82) is 0 Å². The normalized spacial score (nSPS) is 11.9. The first-order valence-electron chi connectivity index (χ1n) is 21.5. The summed E-state index contributed by atoms with van der Waals surface area (Å²) in [5.74, 6) is -10.7. The van der Waals surface area contributed by atoms with Gasteiger partial charge in [-0.05, 0) is 66.2 Å². The molecule has 0 amide bonds. The predicted octanol–water partition coefficient (Wildman–Crippen LogP) is 13.1. The molecule has 0 radical (unpaired) electrons. The van der Waals surface area contributed by atoms with Gasteiger partial charge >= 0.3 is 6.18 Å². The lowest BCUT2D eigenvalue weighted by molar-refractivity contribution is -0.137. The van der Waals surface area contributed by atoms with Crippen LogP contribution in [0.25, 0.3) is 112 Å². The van der Waals surface area contributed by atoms with Crippen molar-refractivity contribution in [2.45, 2.75) is 6.18 Å². The van der Waals surface area contributed by atoms with Gasteiger partial charge in [0.1, 0.15) is 5.56 Å². The maximum Gasteiger partial charge on any atom is 0.420 e. The van der Waals surface area contributed by atoms with E-state index in [0.29, 0.717) is 43.8 Å². The average Bonchev–Trinajstić information content (AvgIpc) is 3.91. The molecule has 6 aromatic carbocycles. The molecule has 0 spiro atoms. The summed E-state index contributed by atoms with van der Waals surface area (Å²) < 4.78 is 131. The fourth-order valence-corrected chi connectivity index (χ4v) is 9.16. The number of hydrogen-bond acceptors (Lipinski definition) is 8. The first-order chi connectivity index (χ1) is 34.4. The summed E-state index contributed by atoms with van der Waals surface area (Å²) in [4.78, 5) is 34.9. The summed E-state index contributed by atoms with van der Waals surface area (Å²) in [6.45, 7) is 0. The van der Waals surface area contributed by atoms with E-state index in [9.17, 15) is 4.39 Å². The van der Waals surface area contributed by atoms with Crippen LogP contribution in [0.2, 0.25) is 0 Å². The molecule has 0 saturated heterocycles.